The number of benzene rings is 4. The molecule has 0 fully saturated rings. The van der Waals surface area contributed by atoms with Crippen molar-refractivity contribution in [2.45, 2.75) is 62.5 Å². The normalized spacial score (nSPS) is 13.4. The van der Waals surface area contributed by atoms with Crippen LogP contribution in [0.25, 0.3) is 33.9 Å². The van der Waals surface area contributed by atoms with Crippen LogP contribution in [0, 0.1) is 5.82 Å². The van der Waals surface area contributed by atoms with Gasteiger partial charge >= 0.3 is 0 Å². The van der Waals surface area contributed by atoms with Crippen LogP contribution in [0.3, 0.4) is 0 Å². The van der Waals surface area contributed by atoms with E-state index < -0.39 is 31.5 Å². The van der Waals surface area contributed by atoms with Crippen molar-refractivity contribution in [3.05, 3.63) is 144 Å². The van der Waals surface area contributed by atoms with Crippen molar-refractivity contribution in [3.8, 4) is 39.7 Å². The van der Waals surface area contributed by atoms with Gasteiger partial charge in [-0.2, -0.15) is 0 Å². The van der Waals surface area contributed by atoms with Gasteiger partial charge < -0.3 is 34.7 Å². The number of aromatic nitrogens is 3. The highest BCUT2D eigenvalue weighted by Gasteiger charge is 2.19. The minimum atomic E-state index is -5.04. The number of aryl methyl sites for hydroxylation is 1. The molecule has 0 aliphatic rings. The van der Waals surface area contributed by atoms with Gasteiger partial charge in [-0.05, 0) is 98.3 Å². The summed E-state index contributed by atoms with van der Waals surface area (Å²) in [5.41, 5.74) is 6.26. The third kappa shape index (κ3) is 14.6. The lowest BCUT2D eigenvalue weighted by molar-refractivity contribution is -0.688. The first-order chi connectivity index (χ1) is 30.0. The number of phosphoric acid groups is 1. The molecule has 6 rings (SSSR count). The van der Waals surface area contributed by atoms with Crippen LogP contribution in [-0.4, -0.2) is 63.5 Å². The first-order valence-corrected chi connectivity index (χ1v) is 23.8. The van der Waals surface area contributed by atoms with Gasteiger partial charge in [-0.3, -0.25) is 13.3 Å². The predicted octanol–water partition coefficient (Wildman–Crippen LogP) is 7.66. The molecule has 12 nitrogen and oxygen atoms in total. The fourth-order valence-electron chi connectivity index (χ4n) is 6.91. The summed E-state index contributed by atoms with van der Waals surface area (Å²) in [4.78, 5) is 29.4. The van der Waals surface area contributed by atoms with Crippen LogP contribution in [0.1, 0.15) is 61.3 Å². The number of aromatic amines is 1. The van der Waals surface area contributed by atoms with Crippen LogP contribution < -0.4 is 19.5 Å². The molecule has 6 aromatic rings. The van der Waals surface area contributed by atoms with E-state index in [0.29, 0.717) is 46.3 Å². The van der Waals surface area contributed by atoms with Gasteiger partial charge in [0.25, 0.3) is 7.82 Å². The Labute approximate surface area is 364 Å². The quantitative estimate of drug-likeness (QED) is 0.0194. The number of pyridine rings is 1. The molecule has 0 spiro atoms. The molecule has 62 heavy (non-hydrogen) atoms. The molecule has 4 N–H and O–H groups in total. The number of halogens is 1. The van der Waals surface area contributed by atoms with Gasteiger partial charge in [-0.15, -0.1) is 0 Å². The van der Waals surface area contributed by atoms with Crippen LogP contribution in [0.4, 0.5) is 4.39 Å². The minimum absolute atomic E-state index is 0.278. The Balaban J connectivity index is 1.03. The number of rotatable bonds is 25. The van der Waals surface area contributed by atoms with Gasteiger partial charge in [0.1, 0.15) is 17.4 Å². The summed E-state index contributed by atoms with van der Waals surface area (Å²) in [6.07, 6.45) is 11.9. The van der Waals surface area contributed by atoms with E-state index >= 15 is 0 Å². The molecular formula is C47H54FN4O8PS. The fourth-order valence-corrected chi connectivity index (χ4v) is 7.62. The van der Waals surface area contributed by atoms with E-state index in [9.17, 15) is 23.2 Å². The van der Waals surface area contributed by atoms with Crippen molar-refractivity contribution in [2.24, 2.45) is 0 Å². The van der Waals surface area contributed by atoms with Crippen molar-refractivity contribution in [1.82, 2.24) is 15.3 Å². The van der Waals surface area contributed by atoms with Gasteiger partial charge in [0, 0.05) is 70.5 Å². The molecule has 0 amide bonds. The Morgan fingerprint density at radius 3 is 2.27 bits per heavy atom. The van der Waals surface area contributed by atoms with E-state index in [4.69, 9.17) is 19.4 Å². The molecule has 328 valence electrons. The molecule has 0 aliphatic heterocycles. The van der Waals surface area contributed by atoms with E-state index in [1.807, 2.05) is 47.3 Å². The lowest BCUT2D eigenvalue weighted by atomic mass is 10.0. The summed E-state index contributed by atoms with van der Waals surface area (Å²) in [6.45, 7) is 2.17. The zero-order valence-corrected chi connectivity index (χ0v) is 36.5. The molecule has 2 heterocycles. The highest BCUT2D eigenvalue weighted by atomic mass is 32.2. The van der Waals surface area contributed by atoms with Crippen LogP contribution in [0.2, 0.25) is 0 Å². The van der Waals surface area contributed by atoms with Gasteiger partial charge in [0.2, 0.25) is 0 Å². The number of unbranched alkanes of at least 4 members (excludes halogenated alkanes) is 4. The Kier molecular flexibility index (Phi) is 17.7. The minimum Gasteiger partial charge on any atom is -0.756 e. The molecule has 0 radical (unpaired) electrons. The third-order valence-electron chi connectivity index (χ3n) is 10.3. The van der Waals surface area contributed by atoms with Crippen molar-refractivity contribution in [3.63, 3.8) is 0 Å². The van der Waals surface area contributed by atoms with Crippen molar-refractivity contribution >= 4 is 18.6 Å². The molecule has 0 aliphatic carbocycles. The summed E-state index contributed by atoms with van der Waals surface area (Å²) >= 11 is 0. The highest BCUT2D eigenvalue weighted by Crippen LogP contribution is 2.34. The summed E-state index contributed by atoms with van der Waals surface area (Å²) in [5.74, 6) is 0.510. The van der Waals surface area contributed by atoms with Crippen LogP contribution >= 0.6 is 7.82 Å². The second-order valence-corrected chi connectivity index (χ2v) is 17.5. The van der Waals surface area contributed by atoms with E-state index in [-0.39, 0.29) is 11.6 Å². The van der Waals surface area contributed by atoms with Gasteiger partial charge in [0.05, 0.1) is 23.1 Å². The maximum absolute atomic E-state index is 13.9. The standard InChI is InChI=1S/C47H54FN4O8PS/c1-62(57)42-22-18-38(19-23-42)47-50-45(36-16-20-41(48)21-17-36)46(51-47)37-24-27-52(28-25-37)33-40-15-14-39(31-44(40)59-34-60-61(54,55)56)43(53)32-49-26-8-2-3-9-29-58-30-10-7-13-35-11-5-4-6-12-35/h4-6,11-12,14-25,27-28,31,43,49,53H,2-3,7-10,13,26,29-30,32-34H2,1H3,(H2,54,55,56). The Morgan fingerprint density at radius 1 is 0.871 bits per heavy atom. The third-order valence-corrected chi connectivity index (χ3v) is 11.7. The number of H-pyrrole nitrogens is 1. The second-order valence-electron chi connectivity index (χ2n) is 15.0. The summed E-state index contributed by atoms with van der Waals surface area (Å²) in [6, 6.07) is 33.0. The van der Waals surface area contributed by atoms with Crippen LogP contribution in [-0.2, 0) is 37.6 Å². The molecule has 2 aromatic heterocycles. The van der Waals surface area contributed by atoms with Gasteiger partial charge in [-0.25, -0.2) is 13.9 Å². The SMILES string of the molecule is CS(=O)c1ccc(-c2nc(-c3ccc(F)cc3)c(-c3cc[n+](Cc4ccc(C(O)CNCCCCCCOCCCCc5ccccc5)cc4OCOP(=O)([O-])O)cc3)[nH]2)cc1. The summed E-state index contributed by atoms with van der Waals surface area (Å²) in [7, 11) is -6.16. The number of nitrogens with zero attached hydrogens (tertiary/aromatic N) is 2. The molecule has 0 saturated heterocycles. The van der Waals surface area contributed by atoms with Gasteiger partial charge in [0.15, 0.2) is 25.7 Å². The number of aliphatic hydroxyl groups excluding tert-OH is 1. The zero-order chi connectivity index (χ0) is 43.7. The average Bonchev–Trinajstić information content (AvgIpc) is 3.72. The lowest BCUT2D eigenvalue weighted by Crippen LogP contribution is -2.33. The Morgan fingerprint density at radius 2 is 1.56 bits per heavy atom. The number of ether oxygens (including phenoxy) is 2. The zero-order valence-electron chi connectivity index (χ0n) is 34.8. The number of aliphatic hydroxyl groups is 1. The predicted molar refractivity (Wildman–Crippen MR) is 236 cm³/mol. The first kappa shape index (κ1) is 46.6. The van der Waals surface area contributed by atoms with E-state index in [2.05, 4.69) is 39.1 Å². The molecule has 3 atom stereocenters. The van der Waals surface area contributed by atoms with Crippen molar-refractivity contribution < 1.29 is 46.6 Å². The van der Waals surface area contributed by atoms with Gasteiger partial charge in [-0.1, -0.05) is 61.4 Å². The number of hydrogen-bond donors (Lipinski definition) is 4. The topological polar surface area (TPSA) is 170 Å². The molecule has 0 bridgehead atoms. The molecule has 0 saturated carbocycles. The van der Waals surface area contributed by atoms with Crippen LogP contribution in [0.5, 0.6) is 5.75 Å². The molecular weight excluding hydrogens is 831 g/mol. The van der Waals surface area contributed by atoms with E-state index in [1.54, 1.807) is 48.7 Å². The number of hydrogen-bond acceptors (Lipinski definition) is 9. The number of imidazole rings is 1. The summed E-state index contributed by atoms with van der Waals surface area (Å²) in [5, 5.41) is 14.3. The van der Waals surface area contributed by atoms with E-state index in [0.717, 1.165) is 81.4 Å². The molecule has 15 heteroatoms. The number of phosphoric ester groups is 1. The van der Waals surface area contributed by atoms with Crippen LogP contribution in [0.15, 0.2) is 126 Å². The smallest absolute Gasteiger partial charge is 0.268 e. The Bertz CT molecular complexity index is 2360. The molecule has 4 aromatic carbocycles. The largest absolute Gasteiger partial charge is 0.756 e. The molecule has 3 unspecified atom stereocenters. The van der Waals surface area contributed by atoms with Crippen molar-refractivity contribution in [2.75, 3.05) is 39.4 Å². The maximum atomic E-state index is 13.9. The fraction of sp³-hybridized carbons (Fsp3) is 0.319. The highest BCUT2D eigenvalue weighted by molar-refractivity contribution is 7.84. The average molecular weight is 885 g/mol. The summed E-state index contributed by atoms with van der Waals surface area (Å²) < 4.78 is 55.0. The number of nitrogens with one attached hydrogen (secondary N) is 2. The lowest BCUT2D eigenvalue weighted by Gasteiger charge is -2.18. The van der Waals surface area contributed by atoms with Crippen molar-refractivity contribution in [1.29, 1.82) is 0 Å². The van der Waals surface area contributed by atoms with E-state index in [1.165, 1.54) is 17.7 Å². The Hall–Kier alpha value is -4.89. The monoisotopic (exact) mass is 884 g/mol. The maximum Gasteiger partial charge on any atom is 0.268 e. The second kappa shape index (κ2) is 23.5. The first-order valence-electron chi connectivity index (χ1n) is 20.8.